The van der Waals surface area contributed by atoms with E-state index in [1.54, 1.807) is 19.1 Å². The fraction of sp³-hybridized carbons (Fsp3) is 0.500. The van der Waals surface area contributed by atoms with Crippen molar-refractivity contribution in [3.05, 3.63) is 35.9 Å². The van der Waals surface area contributed by atoms with E-state index in [0.717, 1.165) is 12.0 Å². The second-order valence-corrected chi connectivity index (χ2v) is 4.40. The van der Waals surface area contributed by atoms with Crippen molar-refractivity contribution >= 4 is 5.91 Å². The number of rotatable bonds is 7. The van der Waals surface area contributed by atoms with Gasteiger partial charge < -0.3 is 15.4 Å². The number of amides is 1. The van der Waals surface area contributed by atoms with Crippen LogP contribution in [0.15, 0.2) is 30.3 Å². The van der Waals surface area contributed by atoms with Gasteiger partial charge in [-0.2, -0.15) is 0 Å². The average molecular weight is 250 g/mol. The van der Waals surface area contributed by atoms with Crippen molar-refractivity contribution in [2.45, 2.75) is 18.9 Å². The van der Waals surface area contributed by atoms with E-state index < -0.39 is 6.04 Å². The van der Waals surface area contributed by atoms with Gasteiger partial charge in [-0.05, 0) is 18.4 Å². The lowest BCUT2D eigenvalue weighted by molar-refractivity contribution is -0.131. The molecule has 1 aromatic rings. The Hall–Kier alpha value is -1.39. The van der Waals surface area contributed by atoms with Gasteiger partial charge in [0.15, 0.2) is 0 Å². The summed E-state index contributed by atoms with van der Waals surface area (Å²) in [6.07, 6.45) is 1.41. The number of likely N-dealkylation sites (N-methyl/N-ethyl adjacent to an activating group) is 1. The summed E-state index contributed by atoms with van der Waals surface area (Å²) in [7, 11) is 3.44. The number of methoxy groups -OCH3 is 1. The maximum absolute atomic E-state index is 12.0. The first-order valence-corrected chi connectivity index (χ1v) is 6.18. The van der Waals surface area contributed by atoms with Gasteiger partial charge in [0, 0.05) is 27.3 Å². The highest BCUT2D eigenvalue weighted by Crippen LogP contribution is 2.04. The maximum Gasteiger partial charge on any atom is 0.239 e. The molecule has 0 heterocycles. The molecule has 0 aliphatic rings. The van der Waals surface area contributed by atoms with Crippen molar-refractivity contribution in [3.63, 3.8) is 0 Å². The molecule has 0 saturated heterocycles. The molecular weight excluding hydrogens is 228 g/mol. The Morgan fingerprint density at radius 3 is 2.67 bits per heavy atom. The molecule has 0 aliphatic carbocycles. The van der Waals surface area contributed by atoms with E-state index in [0.29, 0.717) is 19.6 Å². The van der Waals surface area contributed by atoms with Gasteiger partial charge in [-0.15, -0.1) is 0 Å². The molecule has 100 valence electrons. The normalized spacial score (nSPS) is 12.2. The molecule has 1 atom stereocenters. The maximum atomic E-state index is 12.0. The Morgan fingerprint density at radius 2 is 2.06 bits per heavy atom. The predicted molar refractivity (Wildman–Crippen MR) is 72.3 cm³/mol. The highest BCUT2D eigenvalue weighted by molar-refractivity contribution is 5.81. The second-order valence-electron chi connectivity index (χ2n) is 4.40. The molecule has 18 heavy (non-hydrogen) atoms. The van der Waals surface area contributed by atoms with Crippen LogP contribution in [0.4, 0.5) is 0 Å². The Balaban J connectivity index is 2.41. The van der Waals surface area contributed by atoms with Crippen LogP contribution in [0.25, 0.3) is 0 Å². The third kappa shape index (κ3) is 4.85. The zero-order valence-electron chi connectivity index (χ0n) is 11.1. The van der Waals surface area contributed by atoms with Crippen LogP contribution in [0, 0.1) is 0 Å². The van der Waals surface area contributed by atoms with Gasteiger partial charge in [-0.25, -0.2) is 0 Å². The van der Waals surface area contributed by atoms with Crippen LogP contribution in [-0.2, 0) is 16.0 Å². The molecule has 1 amide bonds. The number of carbonyl (C=O) groups excluding carboxylic acids is 1. The molecule has 4 heteroatoms. The molecular formula is C14H22N2O2. The zero-order valence-corrected chi connectivity index (χ0v) is 11.1. The summed E-state index contributed by atoms with van der Waals surface area (Å²) < 4.78 is 4.96. The first-order valence-electron chi connectivity index (χ1n) is 6.18. The van der Waals surface area contributed by atoms with Crippen LogP contribution >= 0.6 is 0 Å². The first kappa shape index (κ1) is 14.7. The number of carbonyl (C=O) groups is 1. The highest BCUT2D eigenvalue weighted by Gasteiger charge is 2.17. The Bertz CT molecular complexity index is 354. The standard InChI is InChI=1S/C14H22N2O2/c1-16(9-6-10-18-2)14(17)13(15)11-12-7-4-3-5-8-12/h3-5,7-8,13H,6,9-11,15H2,1-2H3. The summed E-state index contributed by atoms with van der Waals surface area (Å²) in [5, 5.41) is 0. The first-order chi connectivity index (χ1) is 8.65. The second kappa shape index (κ2) is 7.84. The lowest BCUT2D eigenvalue weighted by Crippen LogP contribution is -2.43. The fourth-order valence-corrected chi connectivity index (χ4v) is 1.79. The molecule has 1 rings (SSSR count). The lowest BCUT2D eigenvalue weighted by atomic mass is 10.1. The molecule has 0 radical (unpaired) electrons. The highest BCUT2D eigenvalue weighted by atomic mass is 16.5. The minimum absolute atomic E-state index is 0.0186. The SMILES string of the molecule is COCCCN(C)C(=O)C(N)Cc1ccccc1. The van der Waals surface area contributed by atoms with E-state index in [1.165, 1.54) is 0 Å². The third-order valence-electron chi connectivity index (χ3n) is 2.83. The topological polar surface area (TPSA) is 55.6 Å². The van der Waals surface area contributed by atoms with Crippen LogP contribution in [0.2, 0.25) is 0 Å². The summed E-state index contributed by atoms with van der Waals surface area (Å²) in [5.41, 5.74) is 7.02. The molecule has 1 unspecified atom stereocenters. The summed E-state index contributed by atoms with van der Waals surface area (Å²) in [6, 6.07) is 9.35. The molecule has 0 aromatic heterocycles. The zero-order chi connectivity index (χ0) is 13.4. The number of nitrogens with two attached hydrogens (primary N) is 1. The Morgan fingerprint density at radius 1 is 1.39 bits per heavy atom. The van der Waals surface area contributed by atoms with Gasteiger partial charge in [0.2, 0.25) is 5.91 Å². The predicted octanol–water partition coefficient (Wildman–Crippen LogP) is 1.05. The molecule has 4 nitrogen and oxygen atoms in total. The van der Waals surface area contributed by atoms with Crippen LogP contribution in [0.1, 0.15) is 12.0 Å². The van der Waals surface area contributed by atoms with E-state index in [2.05, 4.69) is 0 Å². The minimum atomic E-state index is -0.472. The van der Waals surface area contributed by atoms with Crippen LogP contribution in [0.3, 0.4) is 0 Å². The van der Waals surface area contributed by atoms with Crippen LogP contribution < -0.4 is 5.73 Å². The van der Waals surface area contributed by atoms with Crippen molar-refractivity contribution in [1.29, 1.82) is 0 Å². The number of hydrogen-bond donors (Lipinski definition) is 1. The Kier molecular flexibility index (Phi) is 6.39. The van der Waals surface area contributed by atoms with Crippen molar-refractivity contribution in [1.82, 2.24) is 4.90 Å². The van der Waals surface area contributed by atoms with E-state index in [1.807, 2.05) is 30.3 Å². The molecule has 2 N–H and O–H groups in total. The largest absolute Gasteiger partial charge is 0.385 e. The molecule has 0 fully saturated rings. The number of nitrogens with zero attached hydrogens (tertiary/aromatic N) is 1. The van der Waals surface area contributed by atoms with Crippen molar-refractivity contribution in [3.8, 4) is 0 Å². The van der Waals surface area contributed by atoms with Gasteiger partial charge in [0.05, 0.1) is 6.04 Å². The summed E-state index contributed by atoms with van der Waals surface area (Å²) in [4.78, 5) is 13.7. The third-order valence-corrected chi connectivity index (χ3v) is 2.83. The Labute approximate surface area is 109 Å². The smallest absolute Gasteiger partial charge is 0.239 e. The molecule has 0 saturated carbocycles. The van der Waals surface area contributed by atoms with E-state index in [-0.39, 0.29) is 5.91 Å². The van der Waals surface area contributed by atoms with Gasteiger partial charge in [-0.3, -0.25) is 4.79 Å². The van der Waals surface area contributed by atoms with E-state index in [4.69, 9.17) is 10.5 Å². The van der Waals surface area contributed by atoms with E-state index >= 15 is 0 Å². The average Bonchev–Trinajstić information content (AvgIpc) is 2.39. The number of benzene rings is 1. The fourth-order valence-electron chi connectivity index (χ4n) is 1.79. The van der Waals surface area contributed by atoms with Gasteiger partial charge in [0.25, 0.3) is 0 Å². The summed E-state index contributed by atoms with van der Waals surface area (Å²) >= 11 is 0. The molecule has 1 aromatic carbocycles. The van der Waals surface area contributed by atoms with Crippen molar-refractivity contribution < 1.29 is 9.53 Å². The lowest BCUT2D eigenvalue weighted by Gasteiger charge is -2.21. The van der Waals surface area contributed by atoms with Gasteiger partial charge in [-0.1, -0.05) is 30.3 Å². The van der Waals surface area contributed by atoms with Crippen molar-refractivity contribution in [2.75, 3.05) is 27.3 Å². The summed E-state index contributed by atoms with van der Waals surface area (Å²) in [5.74, 6) is -0.0186. The molecule has 0 aliphatic heterocycles. The van der Waals surface area contributed by atoms with Crippen molar-refractivity contribution in [2.24, 2.45) is 5.73 Å². The molecule has 0 spiro atoms. The minimum Gasteiger partial charge on any atom is -0.385 e. The monoisotopic (exact) mass is 250 g/mol. The molecule has 0 bridgehead atoms. The number of ether oxygens (including phenoxy) is 1. The van der Waals surface area contributed by atoms with E-state index in [9.17, 15) is 4.79 Å². The van der Waals surface area contributed by atoms with Gasteiger partial charge in [0.1, 0.15) is 0 Å². The quantitative estimate of drug-likeness (QED) is 0.736. The van der Waals surface area contributed by atoms with Crippen LogP contribution in [0.5, 0.6) is 0 Å². The number of hydrogen-bond acceptors (Lipinski definition) is 3. The summed E-state index contributed by atoms with van der Waals surface area (Å²) in [6.45, 7) is 1.33. The van der Waals surface area contributed by atoms with Gasteiger partial charge >= 0.3 is 0 Å². The van der Waals surface area contributed by atoms with Crippen LogP contribution in [-0.4, -0.2) is 44.2 Å².